The number of benzene rings is 1. The maximum atomic E-state index is 11.4. The van der Waals surface area contributed by atoms with Gasteiger partial charge in [-0.05, 0) is 12.1 Å². The molecule has 1 aromatic carbocycles. The minimum absolute atomic E-state index is 0.103. The zero-order chi connectivity index (χ0) is 11.1. The fourth-order valence-electron chi connectivity index (χ4n) is 1.10. The van der Waals surface area contributed by atoms with E-state index in [9.17, 15) is 4.79 Å². The first-order valence-electron chi connectivity index (χ1n) is 4.47. The normalized spacial score (nSPS) is 8.53. The SMILES string of the molecule is N#CCC(=O)c1cccc(C#CCN)c1. The van der Waals surface area contributed by atoms with E-state index in [2.05, 4.69) is 11.8 Å². The van der Waals surface area contributed by atoms with Crippen molar-refractivity contribution in [1.29, 1.82) is 5.26 Å². The summed E-state index contributed by atoms with van der Waals surface area (Å²) in [6.07, 6.45) is -0.103. The van der Waals surface area contributed by atoms with Crippen molar-refractivity contribution in [1.82, 2.24) is 0 Å². The first-order chi connectivity index (χ1) is 7.27. The van der Waals surface area contributed by atoms with Crippen LogP contribution in [-0.4, -0.2) is 12.3 Å². The van der Waals surface area contributed by atoms with Gasteiger partial charge >= 0.3 is 0 Å². The lowest BCUT2D eigenvalue weighted by Gasteiger charge is -1.96. The van der Waals surface area contributed by atoms with E-state index in [1.54, 1.807) is 24.3 Å². The van der Waals surface area contributed by atoms with Gasteiger partial charge in [0.25, 0.3) is 0 Å². The van der Waals surface area contributed by atoms with Gasteiger partial charge in [0.1, 0.15) is 0 Å². The average molecular weight is 198 g/mol. The monoisotopic (exact) mass is 198 g/mol. The topological polar surface area (TPSA) is 66.9 Å². The number of nitrogens with zero attached hydrogens (tertiary/aromatic N) is 1. The van der Waals surface area contributed by atoms with E-state index in [1.165, 1.54) is 0 Å². The first-order valence-corrected chi connectivity index (χ1v) is 4.47. The van der Waals surface area contributed by atoms with E-state index in [-0.39, 0.29) is 18.7 Å². The van der Waals surface area contributed by atoms with Crippen molar-refractivity contribution in [3.8, 4) is 17.9 Å². The van der Waals surface area contributed by atoms with Crippen LogP contribution in [0, 0.1) is 23.2 Å². The summed E-state index contributed by atoms with van der Waals surface area (Å²) in [5.74, 6) is 5.35. The lowest BCUT2D eigenvalue weighted by molar-refractivity contribution is 0.0997. The molecule has 0 aromatic heterocycles. The summed E-state index contributed by atoms with van der Waals surface area (Å²) >= 11 is 0. The van der Waals surface area contributed by atoms with Crippen LogP contribution in [0.3, 0.4) is 0 Å². The number of rotatable bonds is 2. The van der Waals surface area contributed by atoms with Crippen LogP contribution in [0.4, 0.5) is 0 Å². The molecule has 3 nitrogen and oxygen atoms in total. The summed E-state index contributed by atoms with van der Waals surface area (Å²) in [4.78, 5) is 11.4. The zero-order valence-corrected chi connectivity index (χ0v) is 8.16. The third-order valence-electron chi connectivity index (χ3n) is 1.76. The van der Waals surface area contributed by atoms with Gasteiger partial charge < -0.3 is 5.73 Å². The summed E-state index contributed by atoms with van der Waals surface area (Å²) in [7, 11) is 0. The Bertz CT molecular complexity index is 460. The smallest absolute Gasteiger partial charge is 0.176 e. The van der Waals surface area contributed by atoms with E-state index in [0.717, 1.165) is 5.56 Å². The maximum Gasteiger partial charge on any atom is 0.176 e. The van der Waals surface area contributed by atoms with Crippen LogP contribution in [0.5, 0.6) is 0 Å². The van der Waals surface area contributed by atoms with Gasteiger partial charge in [-0.2, -0.15) is 5.26 Å². The first kappa shape index (κ1) is 11.0. The highest BCUT2D eigenvalue weighted by atomic mass is 16.1. The molecule has 0 saturated carbocycles. The van der Waals surface area contributed by atoms with Gasteiger partial charge in [-0.25, -0.2) is 0 Å². The minimum Gasteiger partial charge on any atom is -0.320 e. The molecule has 74 valence electrons. The standard InChI is InChI=1S/C12H10N2O/c13-7-2-4-10-3-1-5-11(9-10)12(15)6-8-14/h1,3,5,9H,6-7,13H2. The predicted octanol–water partition coefficient (Wildman–Crippen LogP) is 1.09. The molecule has 0 fully saturated rings. The predicted molar refractivity (Wildman–Crippen MR) is 56.9 cm³/mol. The molecule has 0 radical (unpaired) electrons. The lowest BCUT2D eigenvalue weighted by Crippen LogP contribution is -1.97. The van der Waals surface area contributed by atoms with E-state index >= 15 is 0 Å². The molecule has 0 amide bonds. The molecule has 0 bridgehead atoms. The highest BCUT2D eigenvalue weighted by Gasteiger charge is 2.04. The summed E-state index contributed by atoms with van der Waals surface area (Å²) in [5.41, 5.74) is 6.49. The fourth-order valence-corrected chi connectivity index (χ4v) is 1.10. The molecule has 0 spiro atoms. The van der Waals surface area contributed by atoms with Gasteiger partial charge in [-0.3, -0.25) is 4.79 Å². The van der Waals surface area contributed by atoms with Crippen molar-refractivity contribution in [3.63, 3.8) is 0 Å². The van der Waals surface area contributed by atoms with Crippen LogP contribution in [-0.2, 0) is 0 Å². The molecule has 0 aliphatic heterocycles. The number of nitrogens with two attached hydrogens (primary N) is 1. The van der Waals surface area contributed by atoms with Crippen molar-refractivity contribution in [2.24, 2.45) is 5.73 Å². The summed E-state index contributed by atoms with van der Waals surface area (Å²) in [6.45, 7) is 0.288. The Morgan fingerprint density at radius 3 is 2.93 bits per heavy atom. The number of carbonyl (C=O) groups excluding carboxylic acids is 1. The van der Waals surface area contributed by atoms with Crippen LogP contribution in [0.25, 0.3) is 0 Å². The van der Waals surface area contributed by atoms with Gasteiger partial charge in [0.2, 0.25) is 0 Å². The second-order valence-electron chi connectivity index (χ2n) is 2.84. The molecule has 0 aliphatic carbocycles. The van der Waals surface area contributed by atoms with Gasteiger partial charge in [0.05, 0.1) is 19.0 Å². The largest absolute Gasteiger partial charge is 0.320 e. The summed E-state index contributed by atoms with van der Waals surface area (Å²) < 4.78 is 0. The average Bonchev–Trinajstić information content (AvgIpc) is 2.27. The van der Waals surface area contributed by atoms with Crippen molar-refractivity contribution in [3.05, 3.63) is 35.4 Å². The van der Waals surface area contributed by atoms with Gasteiger partial charge in [-0.1, -0.05) is 24.0 Å². The van der Waals surface area contributed by atoms with Crippen molar-refractivity contribution in [2.75, 3.05) is 6.54 Å². The van der Waals surface area contributed by atoms with Crippen molar-refractivity contribution < 1.29 is 4.79 Å². The molecule has 1 aromatic rings. The Labute approximate surface area is 88.5 Å². The second-order valence-corrected chi connectivity index (χ2v) is 2.84. The van der Waals surface area contributed by atoms with Gasteiger partial charge in [0, 0.05) is 11.1 Å². The Morgan fingerprint density at radius 1 is 1.47 bits per heavy atom. The summed E-state index contributed by atoms with van der Waals surface area (Å²) in [5, 5.41) is 8.39. The van der Waals surface area contributed by atoms with Crippen LogP contribution in [0.15, 0.2) is 24.3 Å². The van der Waals surface area contributed by atoms with Gasteiger partial charge in [-0.15, -0.1) is 0 Å². The molecular formula is C12H10N2O. The Hall–Kier alpha value is -2.10. The minimum atomic E-state index is -0.186. The third kappa shape index (κ3) is 3.27. The fraction of sp³-hybridized carbons (Fsp3) is 0.167. The number of carbonyl (C=O) groups is 1. The van der Waals surface area contributed by atoms with Crippen LogP contribution >= 0.6 is 0 Å². The Balaban J connectivity index is 2.93. The lowest BCUT2D eigenvalue weighted by atomic mass is 10.1. The molecule has 0 unspecified atom stereocenters. The van der Waals surface area contributed by atoms with E-state index < -0.39 is 0 Å². The van der Waals surface area contributed by atoms with Crippen molar-refractivity contribution >= 4 is 5.78 Å². The highest BCUT2D eigenvalue weighted by Crippen LogP contribution is 2.06. The Kier molecular flexibility index (Phi) is 4.09. The third-order valence-corrected chi connectivity index (χ3v) is 1.76. The molecule has 0 heterocycles. The molecule has 3 heteroatoms. The van der Waals surface area contributed by atoms with E-state index in [4.69, 9.17) is 11.0 Å². The van der Waals surface area contributed by atoms with E-state index in [0.29, 0.717) is 5.56 Å². The van der Waals surface area contributed by atoms with Crippen LogP contribution in [0.2, 0.25) is 0 Å². The zero-order valence-electron chi connectivity index (χ0n) is 8.16. The highest BCUT2D eigenvalue weighted by molar-refractivity contribution is 5.97. The van der Waals surface area contributed by atoms with E-state index in [1.807, 2.05) is 6.07 Å². The molecule has 0 atom stereocenters. The number of nitriles is 1. The molecule has 1 rings (SSSR count). The van der Waals surface area contributed by atoms with Gasteiger partial charge in [0.15, 0.2) is 5.78 Å². The number of hydrogen-bond donors (Lipinski definition) is 1. The molecule has 15 heavy (non-hydrogen) atoms. The molecule has 0 saturated heterocycles. The van der Waals surface area contributed by atoms with Crippen molar-refractivity contribution in [2.45, 2.75) is 6.42 Å². The van der Waals surface area contributed by atoms with Crippen LogP contribution < -0.4 is 5.73 Å². The number of Topliss-reactive ketones (excluding diaryl/α,β-unsaturated/α-hetero) is 1. The molecule has 0 aliphatic rings. The van der Waals surface area contributed by atoms with Crippen LogP contribution in [0.1, 0.15) is 22.3 Å². The second kappa shape index (κ2) is 5.59. The quantitative estimate of drug-likeness (QED) is 0.571. The molecule has 2 N–H and O–H groups in total. The Morgan fingerprint density at radius 2 is 2.27 bits per heavy atom. The number of hydrogen-bond acceptors (Lipinski definition) is 3. The molecular weight excluding hydrogens is 188 g/mol. The summed E-state index contributed by atoms with van der Waals surface area (Å²) in [6, 6.07) is 8.70. The maximum absolute atomic E-state index is 11.4. The number of ketones is 1.